The summed E-state index contributed by atoms with van der Waals surface area (Å²) in [5.74, 6) is 1.13. The van der Waals surface area contributed by atoms with Gasteiger partial charge in [-0.1, -0.05) is 36.8 Å². The summed E-state index contributed by atoms with van der Waals surface area (Å²) in [6.45, 7) is 8.04. The second kappa shape index (κ2) is 9.96. The van der Waals surface area contributed by atoms with E-state index in [1.54, 1.807) is 0 Å². The fourth-order valence-electron chi connectivity index (χ4n) is 4.06. The van der Waals surface area contributed by atoms with E-state index in [9.17, 15) is 0 Å². The molecule has 1 saturated heterocycles. The molecule has 3 rings (SSSR count). The fraction of sp³-hybridized carbons (Fsp3) is 0.682. The third kappa shape index (κ3) is 5.47. The van der Waals surface area contributed by atoms with Crippen LogP contribution in [0.5, 0.6) is 0 Å². The molecule has 4 heteroatoms. The highest BCUT2D eigenvalue weighted by molar-refractivity contribution is 5.80. The van der Waals surface area contributed by atoms with Crippen molar-refractivity contribution in [3.8, 4) is 0 Å². The van der Waals surface area contributed by atoms with Crippen LogP contribution in [0.1, 0.15) is 51.0 Å². The van der Waals surface area contributed by atoms with Crippen molar-refractivity contribution in [1.82, 2.24) is 10.2 Å². The molecule has 0 radical (unpaired) electrons. The number of rotatable bonds is 9. The van der Waals surface area contributed by atoms with E-state index in [-0.39, 0.29) is 0 Å². The largest absolute Gasteiger partial charge is 0.381 e. The predicted octanol–water partition coefficient (Wildman–Crippen LogP) is 3.87. The van der Waals surface area contributed by atoms with Crippen LogP contribution in [-0.4, -0.2) is 50.3 Å². The Morgan fingerprint density at radius 1 is 1.15 bits per heavy atom. The summed E-state index contributed by atoms with van der Waals surface area (Å²) < 4.78 is 5.77. The second-order valence-electron chi connectivity index (χ2n) is 7.82. The molecule has 1 heterocycles. The zero-order valence-electron chi connectivity index (χ0n) is 16.4. The monoisotopic (exact) mass is 357 g/mol. The van der Waals surface area contributed by atoms with Crippen molar-refractivity contribution >= 4 is 5.96 Å². The van der Waals surface area contributed by atoms with Crippen molar-refractivity contribution < 1.29 is 4.74 Å². The van der Waals surface area contributed by atoms with Crippen molar-refractivity contribution in [2.24, 2.45) is 10.4 Å². The third-order valence-corrected chi connectivity index (χ3v) is 5.82. The highest BCUT2D eigenvalue weighted by Gasteiger charge is 2.43. The molecule has 0 bridgehead atoms. The van der Waals surface area contributed by atoms with E-state index < -0.39 is 0 Å². The van der Waals surface area contributed by atoms with Crippen LogP contribution >= 0.6 is 0 Å². The summed E-state index contributed by atoms with van der Waals surface area (Å²) >= 11 is 0. The van der Waals surface area contributed by atoms with Gasteiger partial charge in [-0.3, -0.25) is 4.99 Å². The van der Waals surface area contributed by atoms with Gasteiger partial charge in [-0.2, -0.15) is 0 Å². The summed E-state index contributed by atoms with van der Waals surface area (Å²) in [6.07, 6.45) is 8.80. The first-order chi connectivity index (χ1) is 12.8. The molecule has 144 valence electrons. The van der Waals surface area contributed by atoms with Gasteiger partial charge in [-0.05, 0) is 56.4 Å². The Labute approximate surface area is 159 Å². The smallest absolute Gasteiger partial charge is 0.193 e. The lowest BCUT2D eigenvalue weighted by atomic mass is 9.68. The number of hydrogen-bond donors (Lipinski definition) is 1. The molecule has 1 aromatic carbocycles. The molecule has 1 aliphatic heterocycles. The lowest BCUT2D eigenvalue weighted by Crippen LogP contribution is -2.42. The van der Waals surface area contributed by atoms with Gasteiger partial charge in [0.05, 0.1) is 6.61 Å². The molecule has 0 aromatic heterocycles. The predicted molar refractivity (Wildman–Crippen MR) is 109 cm³/mol. The molecule has 26 heavy (non-hydrogen) atoms. The fourth-order valence-corrected chi connectivity index (χ4v) is 4.06. The van der Waals surface area contributed by atoms with Gasteiger partial charge in [0, 0.05) is 32.8 Å². The molecule has 1 aliphatic carbocycles. The Hall–Kier alpha value is -1.55. The number of unbranched alkanes of at least 4 members (excludes halogenated alkanes) is 1. The molecular weight excluding hydrogens is 322 g/mol. The van der Waals surface area contributed by atoms with E-state index in [1.165, 1.54) is 44.3 Å². The van der Waals surface area contributed by atoms with E-state index in [0.717, 1.165) is 51.5 Å². The van der Waals surface area contributed by atoms with Gasteiger partial charge in [0.1, 0.15) is 0 Å². The van der Waals surface area contributed by atoms with Crippen LogP contribution in [0, 0.1) is 5.41 Å². The molecule has 2 aliphatic rings. The molecule has 1 N–H and O–H groups in total. The lowest BCUT2D eigenvalue weighted by Gasteiger charge is -2.38. The maximum atomic E-state index is 5.77. The number of ether oxygens (including phenoxy) is 1. The van der Waals surface area contributed by atoms with Crippen LogP contribution in [0.3, 0.4) is 0 Å². The second-order valence-corrected chi connectivity index (χ2v) is 7.82. The molecular formula is C22H35N3O. The van der Waals surface area contributed by atoms with Crippen molar-refractivity contribution in [2.75, 3.05) is 39.4 Å². The molecule has 0 unspecified atom stereocenters. The molecule has 4 nitrogen and oxygen atoms in total. The molecule has 0 atom stereocenters. The van der Waals surface area contributed by atoms with Crippen molar-refractivity contribution in [3.05, 3.63) is 35.9 Å². The topological polar surface area (TPSA) is 36.9 Å². The van der Waals surface area contributed by atoms with Gasteiger partial charge in [0.25, 0.3) is 0 Å². The maximum absolute atomic E-state index is 5.77. The molecule has 1 saturated carbocycles. The number of guanidine groups is 1. The van der Waals surface area contributed by atoms with Crippen LogP contribution in [0.2, 0.25) is 0 Å². The van der Waals surface area contributed by atoms with Gasteiger partial charge in [0.2, 0.25) is 0 Å². The maximum Gasteiger partial charge on any atom is 0.193 e. The minimum atomic E-state index is 0.628. The van der Waals surface area contributed by atoms with Crippen LogP contribution in [-0.2, 0) is 11.2 Å². The Morgan fingerprint density at radius 3 is 2.69 bits per heavy atom. The number of likely N-dealkylation sites (tertiary alicyclic amines) is 1. The summed E-state index contributed by atoms with van der Waals surface area (Å²) in [6, 6.07) is 10.5. The van der Waals surface area contributed by atoms with Gasteiger partial charge < -0.3 is 15.0 Å². The van der Waals surface area contributed by atoms with Crippen LogP contribution in [0.15, 0.2) is 35.3 Å². The first kappa shape index (κ1) is 19.2. The Morgan fingerprint density at radius 2 is 2.00 bits per heavy atom. The van der Waals surface area contributed by atoms with Crippen molar-refractivity contribution in [1.29, 1.82) is 0 Å². The number of nitrogens with zero attached hydrogens (tertiary/aromatic N) is 2. The first-order valence-electron chi connectivity index (χ1n) is 10.5. The third-order valence-electron chi connectivity index (χ3n) is 5.82. The quantitative estimate of drug-likeness (QED) is 0.414. The van der Waals surface area contributed by atoms with Crippen LogP contribution < -0.4 is 5.32 Å². The highest BCUT2D eigenvalue weighted by atomic mass is 16.5. The Kier molecular flexibility index (Phi) is 7.36. The molecule has 2 fully saturated rings. The van der Waals surface area contributed by atoms with Gasteiger partial charge in [-0.25, -0.2) is 0 Å². The summed E-state index contributed by atoms with van der Waals surface area (Å²) in [7, 11) is 0. The number of aliphatic imine (C=N–C) groups is 1. The van der Waals surface area contributed by atoms with Gasteiger partial charge in [0.15, 0.2) is 5.96 Å². The number of nitrogens with one attached hydrogen (secondary N) is 1. The molecule has 1 spiro atoms. The van der Waals surface area contributed by atoms with E-state index >= 15 is 0 Å². The highest BCUT2D eigenvalue weighted by Crippen LogP contribution is 2.47. The van der Waals surface area contributed by atoms with E-state index in [1.807, 2.05) is 0 Å². The van der Waals surface area contributed by atoms with E-state index in [4.69, 9.17) is 9.73 Å². The average molecular weight is 358 g/mol. The van der Waals surface area contributed by atoms with E-state index in [0.29, 0.717) is 5.41 Å². The van der Waals surface area contributed by atoms with Crippen LogP contribution in [0.4, 0.5) is 0 Å². The Balaban J connectivity index is 1.29. The van der Waals surface area contributed by atoms with Crippen molar-refractivity contribution in [2.45, 2.75) is 51.9 Å². The number of benzene rings is 1. The number of hydrogen-bond acceptors (Lipinski definition) is 2. The first-order valence-corrected chi connectivity index (χ1v) is 10.5. The molecule has 0 amide bonds. The lowest BCUT2D eigenvalue weighted by molar-refractivity contribution is 0.134. The summed E-state index contributed by atoms with van der Waals surface area (Å²) in [4.78, 5) is 7.35. The van der Waals surface area contributed by atoms with E-state index in [2.05, 4.69) is 47.5 Å². The zero-order chi connectivity index (χ0) is 18.1. The van der Waals surface area contributed by atoms with Crippen LogP contribution in [0.25, 0.3) is 0 Å². The Bertz CT molecular complexity index is 554. The minimum Gasteiger partial charge on any atom is -0.381 e. The standard InChI is InChI=1S/C22H35N3O/c1-2-23-21(25-16-14-22(19-25)12-8-13-22)24-15-6-7-17-26-18-11-20-9-4-3-5-10-20/h3-5,9-10H,2,6-8,11-19H2,1H3,(H,23,24). The minimum absolute atomic E-state index is 0.628. The summed E-state index contributed by atoms with van der Waals surface area (Å²) in [5, 5.41) is 3.48. The average Bonchev–Trinajstić information content (AvgIpc) is 3.10. The van der Waals surface area contributed by atoms with Gasteiger partial charge in [-0.15, -0.1) is 0 Å². The SMILES string of the molecule is CCNC(=NCCCCOCCc1ccccc1)N1CCC2(CCC2)C1. The normalized spacial score (nSPS) is 19.0. The molecule has 1 aromatic rings. The summed E-state index contributed by atoms with van der Waals surface area (Å²) in [5.41, 5.74) is 1.98. The van der Waals surface area contributed by atoms with Gasteiger partial charge >= 0.3 is 0 Å². The zero-order valence-corrected chi connectivity index (χ0v) is 16.4. The van der Waals surface area contributed by atoms with Crippen molar-refractivity contribution in [3.63, 3.8) is 0 Å².